The van der Waals surface area contributed by atoms with Crippen LogP contribution >= 0.6 is 23.2 Å². The number of H-pyrrole nitrogens is 1. The highest BCUT2D eigenvalue weighted by Crippen LogP contribution is 2.35. The van der Waals surface area contributed by atoms with Gasteiger partial charge in [0.25, 0.3) is 11.8 Å². The van der Waals surface area contributed by atoms with Gasteiger partial charge in [-0.3, -0.25) is 14.6 Å². The first-order valence-corrected chi connectivity index (χ1v) is 12.5. The summed E-state index contributed by atoms with van der Waals surface area (Å²) in [5.74, 6) is -1.64. The van der Waals surface area contributed by atoms with Crippen molar-refractivity contribution in [2.75, 3.05) is 5.32 Å². The number of nitrogens with one attached hydrogen (secondary N) is 3. The van der Waals surface area contributed by atoms with Crippen LogP contribution in [0.15, 0.2) is 79.1 Å². The van der Waals surface area contributed by atoms with Crippen molar-refractivity contribution in [2.24, 2.45) is 0 Å². The Balaban J connectivity index is 1.28. The third-order valence-electron chi connectivity index (χ3n) is 5.85. The molecule has 2 amide bonds. The minimum Gasteiger partial charge on any atom is -0.453 e. The van der Waals surface area contributed by atoms with E-state index in [0.29, 0.717) is 22.2 Å². The predicted molar refractivity (Wildman–Crippen MR) is 149 cm³/mol. The Kier molecular flexibility index (Phi) is 7.64. The van der Waals surface area contributed by atoms with Gasteiger partial charge in [0.1, 0.15) is 11.4 Å². The Bertz CT molecular complexity index is 1800. The van der Waals surface area contributed by atoms with Crippen LogP contribution in [0.2, 0.25) is 10.0 Å². The van der Waals surface area contributed by atoms with Gasteiger partial charge in [-0.2, -0.15) is 5.26 Å². The molecule has 3 N–H and O–H groups in total. The molecule has 0 saturated heterocycles. The second-order valence-corrected chi connectivity index (χ2v) is 9.44. The van der Waals surface area contributed by atoms with Gasteiger partial charge >= 0.3 is 0 Å². The van der Waals surface area contributed by atoms with E-state index in [2.05, 4.69) is 20.6 Å². The number of rotatable bonds is 7. The fourth-order valence-electron chi connectivity index (χ4n) is 3.92. The summed E-state index contributed by atoms with van der Waals surface area (Å²) in [6.07, 6.45) is 3.06. The van der Waals surface area contributed by atoms with Crippen molar-refractivity contribution in [3.05, 3.63) is 117 Å². The molecule has 0 fully saturated rings. The smallest absolute Gasteiger partial charge is 0.267 e. The lowest BCUT2D eigenvalue weighted by Gasteiger charge is -2.13. The SMILES string of the molecule is N#Cc1cc(Cl)cc(Oc2c(Cl)ccc(CNC(=O)c3cc4cc(NC(=O)c5ccncc5)ccc4[nH]3)c2F)c1. The van der Waals surface area contributed by atoms with E-state index in [1.807, 2.05) is 6.07 Å². The van der Waals surface area contributed by atoms with Crippen LogP contribution in [0, 0.1) is 17.1 Å². The molecule has 8 nitrogen and oxygen atoms in total. The Morgan fingerprint density at radius 2 is 1.80 bits per heavy atom. The first-order chi connectivity index (χ1) is 19.3. The lowest BCUT2D eigenvalue weighted by molar-refractivity contribution is 0.0945. The average Bonchev–Trinajstić information content (AvgIpc) is 3.38. The van der Waals surface area contributed by atoms with Crippen LogP contribution in [0.3, 0.4) is 0 Å². The molecule has 198 valence electrons. The van der Waals surface area contributed by atoms with Crippen LogP contribution in [-0.2, 0) is 6.54 Å². The highest BCUT2D eigenvalue weighted by Gasteiger charge is 2.17. The molecule has 2 aromatic heterocycles. The molecule has 0 saturated carbocycles. The number of aromatic amines is 1. The van der Waals surface area contributed by atoms with Crippen molar-refractivity contribution < 1.29 is 18.7 Å². The van der Waals surface area contributed by atoms with Gasteiger partial charge in [0.15, 0.2) is 11.6 Å². The van der Waals surface area contributed by atoms with Crippen molar-refractivity contribution >= 4 is 51.6 Å². The van der Waals surface area contributed by atoms with Crippen molar-refractivity contribution in [3.8, 4) is 17.6 Å². The topological polar surface area (TPSA) is 120 Å². The number of ether oxygens (including phenoxy) is 1. The molecule has 5 aromatic rings. The number of anilines is 1. The largest absolute Gasteiger partial charge is 0.453 e. The molecule has 5 rings (SSSR count). The maximum Gasteiger partial charge on any atom is 0.267 e. The number of hydrogen-bond donors (Lipinski definition) is 3. The minimum absolute atomic E-state index is 0.00787. The number of carbonyl (C=O) groups is 2. The Labute approximate surface area is 237 Å². The molecule has 0 aliphatic heterocycles. The number of amides is 2. The minimum atomic E-state index is -0.766. The third-order valence-corrected chi connectivity index (χ3v) is 6.37. The number of aromatic nitrogens is 2. The molecule has 0 radical (unpaired) electrons. The quantitative estimate of drug-likeness (QED) is 0.196. The van der Waals surface area contributed by atoms with E-state index in [9.17, 15) is 9.59 Å². The number of nitriles is 1. The zero-order chi connectivity index (χ0) is 28.2. The molecular weight excluding hydrogens is 556 g/mol. The molecule has 0 spiro atoms. The Morgan fingerprint density at radius 3 is 2.58 bits per heavy atom. The molecule has 3 aromatic carbocycles. The van der Waals surface area contributed by atoms with Crippen molar-refractivity contribution in [1.29, 1.82) is 5.26 Å². The number of halogens is 3. The van der Waals surface area contributed by atoms with Crippen LogP contribution in [0.1, 0.15) is 32.0 Å². The summed E-state index contributed by atoms with van der Waals surface area (Å²) in [6, 6.07) is 19.1. The first-order valence-electron chi connectivity index (χ1n) is 11.8. The first kappa shape index (κ1) is 26.7. The van der Waals surface area contributed by atoms with Gasteiger partial charge in [0, 0.05) is 51.7 Å². The van der Waals surface area contributed by atoms with Crippen LogP contribution in [0.4, 0.5) is 10.1 Å². The van der Waals surface area contributed by atoms with Gasteiger partial charge in [0.2, 0.25) is 0 Å². The van der Waals surface area contributed by atoms with E-state index in [1.165, 1.54) is 42.7 Å². The summed E-state index contributed by atoms with van der Waals surface area (Å²) in [5.41, 5.74) is 2.32. The van der Waals surface area contributed by atoms with Gasteiger partial charge < -0.3 is 20.4 Å². The highest BCUT2D eigenvalue weighted by atomic mass is 35.5. The molecule has 2 heterocycles. The fraction of sp³-hybridized carbons (Fsp3) is 0.0345. The predicted octanol–water partition coefficient (Wildman–Crippen LogP) is 6.86. The molecule has 0 unspecified atom stereocenters. The van der Waals surface area contributed by atoms with E-state index in [4.69, 9.17) is 33.2 Å². The molecule has 0 bridgehead atoms. The van der Waals surface area contributed by atoms with Crippen LogP contribution in [0.25, 0.3) is 10.9 Å². The van der Waals surface area contributed by atoms with Gasteiger partial charge in [-0.15, -0.1) is 0 Å². The van der Waals surface area contributed by atoms with E-state index >= 15 is 4.39 Å². The monoisotopic (exact) mass is 573 g/mol. The van der Waals surface area contributed by atoms with Gasteiger partial charge in [-0.1, -0.05) is 29.3 Å². The van der Waals surface area contributed by atoms with Crippen LogP contribution in [0.5, 0.6) is 11.5 Å². The molecule has 0 aliphatic carbocycles. The van der Waals surface area contributed by atoms with Crippen molar-refractivity contribution in [3.63, 3.8) is 0 Å². The molecular formula is C29H18Cl2FN5O3. The van der Waals surface area contributed by atoms with Crippen molar-refractivity contribution in [2.45, 2.75) is 6.54 Å². The second-order valence-electron chi connectivity index (χ2n) is 8.60. The van der Waals surface area contributed by atoms with Gasteiger partial charge in [-0.25, -0.2) is 4.39 Å². The van der Waals surface area contributed by atoms with E-state index in [0.717, 1.165) is 0 Å². The maximum atomic E-state index is 15.3. The van der Waals surface area contributed by atoms with E-state index in [-0.39, 0.29) is 50.8 Å². The number of hydrogen-bond acceptors (Lipinski definition) is 5. The number of carbonyl (C=O) groups excluding carboxylic acids is 2. The number of nitrogens with zero attached hydrogens (tertiary/aromatic N) is 2. The summed E-state index contributed by atoms with van der Waals surface area (Å²) in [6.45, 7) is -0.153. The van der Waals surface area contributed by atoms with Crippen molar-refractivity contribution in [1.82, 2.24) is 15.3 Å². The van der Waals surface area contributed by atoms with Crippen LogP contribution < -0.4 is 15.4 Å². The van der Waals surface area contributed by atoms with Gasteiger partial charge in [-0.05, 0) is 60.7 Å². The summed E-state index contributed by atoms with van der Waals surface area (Å²) in [5, 5.41) is 15.6. The Morgan fingerprint density at radius 1 is 1.00 bits per heavy atom. The zero-order valence-corrected chi connectivity index (χ0v) is 22.0. The molecule has 0 atom stereocenters. The Hall–Kier alpha value is -4.91. The zero-order valence-electron chi connectivity index (χ0n) is 20.5. The maximum absolute atomic E-state index is 15.3. The standard InChI is InChI=1S/C29H18Cl2FN5O3/c30-20-9-16(14-33)10-22(13-20)40-27-23(31)3-1-18(26(27)32)15-35-29(39)25-12-19-11-21(2-4-24(19)37-25)36-28(38)17-5-7-34-8-6-17/h1-13,37H,15H2,(H,35,39)(H,36,38). The average molecular weight is 574 g/mol. The van der Waals surface area contributed by atoms with E-state index < -0.39 is 11.7 Å². The summed E-state index contributed by atoms with van der Waals surface area (Å²) in [7, 11) is 0. The normalized spacial score (nSPS) is 10.7. The summed E-state index contributed by atoms with van der Waals surface area (Å²) >= 11 is 12.2. The number of benzene rings is 3. The second kappa shape index (κ2) is 11.5. The lowest BCUT2D eigenvalue weighted by Crippen LogP contribution is -2.23. The molecule has 40 heavy (non-hydrogen) atoms. The number of fused-ring (bicyclic) bond motifs is 1. The highest BCUT2D eigenvalue weighted by molar-refractivity contribution is 6.32. The fourth-order valence-corrected chi connectivity index (χ4v) is 4.33. The van der Waals surface area contributed by atoms with E-state index in [1.54, 1.807) is 36.4 Å². The van der Waals surface area contributed by atoms with Gasteiger partial charge in [0.05, 0.1) is 16.7 Å². The number of pyridine rings is 1. The summed E-state index contributed by atoms with van der Waals surface area (Å²) in [4.78, 5) is 32.2. The van der Waals surface area contributed by atoms with Crippen LogP contribution in [-0.4, -0.2) is 21.8 Å². The third kappa shape index (κ3) is 5.89. The lowest BCUT2D eigenvalue weighted by atomic mass is 10.2. The summed E-state index contributed by atoms with van der Waals surface area (Å²) < 4.78 is 20.9. The molecule has 11 heteroatoms. The molecule has 0 aliphatic rings.